The van der Waals surface area contributed by atoms with E-state index in [1.807, 2.05) is 4.90 Å². The molecule has 4 rings (SSSR count). The molecule has 35 heavy (non-hydrogen) atoms. The Labute approximate surface area is 203 Å². The average molecular weight is 497 g/mol. The maximum atomic E-state index is 13.0. The summed E-state index contributed by atoms with van der Waals surface area (Å²) >= 11 is 0. The second-order valence-corrected chi connectivity index (χ2v) is 9.97. The third-order valence-electron chi connectivity index (χ3n) is 5.67. The molecule has 7 nitrogen and oxygen atoms in total. The number of anilines is 1. The number of nitrogens with one attached hydrogen (secondary N) is 1. The number of amides is 1. The second-order valence-electron chi connectivity index (χ2n) is 8.29. The van der Waals surface area contributed by atoms with Crippen molar-refractivity contribution in [3.05, 3.63) is 95.3 Å². The van der Waals surface area contributed by atoms with Crippen LogP contribution < -0.4 is 4.72 Å². The number of hydrogen-bond acceptors (Lipinski definition) is 5. The van der Waals surface area contributed by atoms with E-state index in [2.05, 4.69) is 4.72 Å². The fraction of sp³-hybridized carbons (Fsp3) is 0.231. The lowest BCUT2D eigenvalue weighted by Crippen LogP contribution is -2.27. The van der Waals surface area contributed by atoms with Gasteiger partial charge in [-0.05, 0) is 72.5 Å². The number of hydrogen-bond donors (Lipinski definition) is 1. The molecule has 0 saturated carbocycles. The number of rotatable bonds is 8. The van der Waals surface area contributed by atoms with Gasteiger partial charge in [-0.2, -0.15) is 0 Å². The Bertz CT molecular complexity index is 1290. The molecule has 1 N–H and O–H groups in total. The molecule has 1 amide bonds. The summed E-state index contributed by atoms with van der Waals surface area (Å²) in [6.07, 6.45) is 2.10. The summed E-state index contributed by atoms with van der Waals surface area (Å²) in [5, 5.41) is 0. The van der Waals surface area contributed by atoms with Crippen LogP contribution in [0, 0.1) is 5.82 Å². The topological polar surface area (TPSA) is 92.8 Å². The van der Waals surface area contributed by atoms with E-state index in [0.717, 1.165) is 43.6 Å². The maximum Gasteiger partial charge on any atom is 0.310 e. The number of likely N-dealkylation sites (tertiary alicyclic amines) is 1. The van der Waals surface area contributed by atoms with Crippen LogP contribution in [0.25, 0.3) is 0 Å². The molecule has 1 heterocycles. The number of sulfonamides is 1. The molecule has 0 atom stereocenters. The Balaban J connectivity index is 1.27. The molecule has 9 heteroatoms. The third kappa shape index (κ3) is 6.45. The van der Waals surface area contributed by atoms with E-state index in [1.165, 1.54) is 12.1 Å². The summed E-state index contributed by atoms with van der Waals surface area (Å²) in [5.41, 5.74) is 2.38. The minimum absolute atomic E-state index is 0.0226. The fourth-order valence-electron chi connectivity index (χ4n) is 3.75. The van der Waals surface area contributed by atoms with Gasteiger partial charge < -0.3 is 9.64 Å². The third-order valence-corrected chi connectivity index (χ3v) is 7.07. The van der Waals surface area contributed by atoms with Gasteiger partial charge in [-0.25, -0.2) is 12.8 Å². The largest absolute Gasteiger partial charge is 0.461 e. The van der Waals surface area contributed by atoms with Crippen LogP contribution in [0.5, 0.6) is 0 Å². The molecule has 182 valence electrons. The van der Waals surface area contributed by atoms with Crippen LogP contribution in [0.3, 0.4) is 0 Å². The predicted molar refractivity (Wildman–Crippen MR) is 129 cm³/mol. The van der Waals surface area contributed by atoms with Gasteiger partial charge in [0.25, 0.3) is 15.9 Å². The molecule has 0 unspecified atom stereocenters. The first-order chi connectivity index (χ1) is 16.8. The first-order valence-electron chi connectivity index (χ1n) is 11.2. The van der Waals surface area contributed by atoms with E-state index in [9.17, 15) is 22.4 Å². The lowest BCUT2D eigenvalue weighted by atomic mass is 10.1. The Hall–Kier alpha value is -3.72. The van der Waals surface area contributed by atoms with Gasteiger partial charge in [-0.1, -0.05) is 24.3 Å². The van der Waals surface area contributed by atoms with E-state index in [0.29, 0.717) is 16.8 Å². The van der Waals surface area contributed by atoms with Crippen molar-refractivity contribution in [2.45, 2.75) is 30.8 Å². The number of esters is 1. The Morgan fingerprint density at radius 1 is 0.857 bits per heavy atom. The number of halogens is 1. The van der Waals surface area contributed by atoms with Crippen molar-refractivity contribution in [1.82, 2.24) is 4.90 Å². The van der Waals surface area contributed by atoms with Crippen LogP contribution in [-0.4, -0.2) is 38.3 Å². The summed E-state index contributed by atoms with van der Waals surface area (Å²) in [6.45, 7) is 1.67. The van der Waals surface area contributed by atoms with Crippen molar-refractivity contribution in [3.8, 4) is 0 Å². The Morgan fingerprint density at radius 3 is 2.09 bits per heavy atom. The summed E-state index contributed by atoms with van der Waals surface area (Å²) < 4.78 is 45.6. The van der Waals surface area contributed by atoms with E-state index in [-0.39, 0.29) is 23.8 Å². The normalized spacial score (nSPS) is 13.5. The summed E-state index contributed by atoms with van der Waals surface area (Å²) in [5.74, 6) is -0.930. The molecule has 3 aromatic rings. The minimum atomic E-state index is -3.85. The SMILES string of the molecule is O=C(Cc1ccc(NS(=O)(=O)c2ccc(F)cc2)cc1)OCc1ccc(C(=O)N2CCCC2)cc1. The van der Waals surface area contributed by atoms with Crippen molar-refractivity contribution in [2.24, 2.45) is 0 Å². The standard InChI is InChI=1S/C26H25FN2O5S/c27-22-9-13-24(14-10-22)35(32,33)28-23-11-5-19(6-12-23)17-25(30)34-18-20-3-7-21(8-4-20)26(31)29-15-1-2-16-29/h3-14,28H,1-2,15-18H2. The van der Waals surface area contributed by atoms with Crippen LogP contribution in [0.1, 0.15) is 34.3 Å². The lowest BCUT2D eigenvalue weighted by Gasteiger charge is -2.15. The number of carbonyl (C=O) groups is 2. The Kier molecular flexibility index (Phi) is 7.45. The second kappa shape index (κ2) is 10.7. The highest BCUT2D eigenvalue weighted by atomic mass is 32.2. The van der Waals surface area contributed by atoms with Gasteiger partial charge >= 0.3 is 5.97 Å². The van der Waals surface area contributed by atoms with Gasteiger partial charge in [0, 0.05) is 24.3 Å². The number of carbonyl (C=O) groups excluding carboxylic acids is 2. The molecule has 1 aliphatic rings. The first kappa shape index (κ1) is 24.4. The zero-order valence-corrected chi connectivity index (χ0v) is 19.8. The monoisotopic (exact) mass is 496 g/mol. The smallest absolute Gasteiger partial charge is 0.310 e. The molecule has 1 aliphatic heterocycles. The van der Waals surface area contributed by atoms with Crippen LogP contribution in [0.4, 0.5) is 10.1 Å². The fourth-order valence-corrected chi connectivity index (χ4v) is 4.80. The summed E-state index contributed by atoms with van der Waals surface area (Å²) in [6, 6.07) is 17.9. The van der Waals surface area contributed by atoms with Crippen LogP contribution in [0.2, 0.25) is 0 Å². The van der Waals surface area contributed by atoms with Crippen molar-refractivity contribution in [3.63, 3.8) is 0 Å². The molecular formula is C26H25FN2O5S. The highest BCUT2D eigenvalue weighted by molar-refractivity contribution is 7.92. The van der Waals surface area contributed by atoms with Crippen LogP contribution >= 0.6 is 0 Å². The van der Waals surface area contributed by atoms with E-state index in [4.69, 9.17) is 4.74 Å². The average Bonchev–Trinajstić information content (AvgIpc) is 3.39. The molecule has 1 saturated heterocycles. The molecule has 1 fully saturated rings. The number of nitrogens with zero attached hydrogens (tertiary/aromatic N) is 1. The molecule has 0 spiro atoms. The van der Waals surface area contributed by atoms with Gasteiger partial charge in [0.05, 0.1) is 11.3 Å². The van der Waals surface area contributed by atoms with Crippen molar-refractivity contribution < 1.29 is 27.1 Å². The summed E-state index contributed by atoms with van der Waals surface area (Å²) in [4.78, 5) is 26.4. The summed E-state index contributed by atoms with van der Waals surface area (Å²) in [7, 11) is -3.85. The lowest BCUT2D eigenvalue weighted by molar-refractivity contribution is -0.144. The number of ether oxygens (including phenoxy) is 1. The van der Waals surface area contributed by atoms with Gasteiger partial charge in [0.1, 0.15) is 12.4 Å². The molecule has 3 aromatic carbocycles. The Morgan fingerprint density at radius 2 is 1.46 bits per heavy atom. The minimum Gasteiger partial charge on any atom is -0.461 e. The molecule has 0 bridgehead atoms. The van der Waals surface area contributed by atoms with Crippen LogP contribution in [0.15, 0.2) is 77.7 Å². The maximum absolute atomic E-state index is 13.0. The van der Waals surface area contributed by atoms with E-state index in [1.54, 1.807) is 48.5 Å². The molecular weight excluding hydrogens is 471 g/mol. The van der Waals surface area contributed by atoms with Crippen molar-refractivity contribution in [2.75, 3.05) is 17.8 Å². The van der Waals surface area contributed by atoms with Gasteiger partial charge in [-0.15, -0.1) is 0 Å². The van der Waals surface area contributed by atoms with Gasteiger partial charge in [0.2, 0.25) is 0 Å². The highest BCUT2D eigenvalue weighted by Crippen LogP contribution is 2.18. The van der Waals surface area contributed by atoms with Crippen LogP contribution in [-0.2, 0) is 32.6 Å². The van der Waals surface area contributed by atoms with Gasteiger partial charge in [0.15, 0.2) is 0 Å². The van der Waals surface area contributed by atoms with Crippen molar-refractivity contribution >= 4 is 27.6 Å². The van der Waals surface area contributed by atoms with E-state index < -0.39 is 21.8 Å². The molecule has 0 aliphatic carbocycles. The zero-order chi connectivity index (χ0) is 24.8. The number of benzene rings is 3. The van der Waals surface area contributed by atoms with E-state index >= 15 is 0 Å². The first-order valence-corrected chi connectivity index (χ1v) is 12.7. The molecule has 0 radical (unpaired) electrons. The zero-order valence-electron chi connectivity index (χ0n) is 18.9. The molecule has 0 aromatic heterocycles. The van der Waals surface area contributed by atoms with Crippen molar-refractivity contribution in [1.29, 1.82) is 0 Å². The highest BCUT2D eigenvalue weighted by Gasteiger charge is 2.19. The predicted octanol–water partition coefficient (Wildman–Crippen LogP) is 4.15. The van der Waals surface area contributed by atoms with Gasteiger partial charge in [-0.3, -0.25) is 14.3 Å². The quantitative estimate of drug-likeness (QED) is 0.473.